The number of carbonyl (C=O) groups is 1. The van der Waals surface area contributed by atoms with Crippen LogP contribution in [0.1, 0.15) is 10.4 Å². The lowest BCUT2D eigenvalue weighted by atomic mass is 10.2. The Labute approximate surface area is 108 Å². The first-order chi connectivity index (χ1) is 8.56. The Balaban J connectivity index is 2.24. The van der Waals surface area contributed by atoms with E-state index >= 15 is 0 Å². The highest BCUT2D eigenvalue weighted by atomic mass is 35.5. The maximum absolute atomic E-state index is 13.4. The maximum Gasteiger partial charge on any atom is 0.259 e. The molecule has 0 fully saturated rings. The van der Waals surface area contributed by atoms with Gasteiger partial charge in [-0.25, -0.2) is 9.37 Å². The molecule has 6 heteroatoms. The summed E-state index contributed by atoms with van der Waals surface area (Å²) in [4.78, 5) is 15.7. The molecule has 0 aliphatic carbocycles. The minimum Gasteiger partial charge on any atom is -0.399 e. The highest BCUT2D eigenvalue weighted by Crippen LogP contribution is 2.15. The van der Waals surface area contributed by atoms with Gasteiger partial charge in [0.05, 0.1) is 5.56 Å². The van der Waals surface area contributed by atoms with Crippen LogP contribution in [0.15, 0.2) is 36.4 Å². The number of aromatic nitrogens is 1. The number of pyridine rings is 1. The van der Waals surface area contributed by atoms with E-state index in [1.165, 1.54) is 12.1 Å². The Hall–Kier alpha value is -2.14. The maximum atomic E-state index is 13.4. The van der Waals surface area contributed by atoms with Crippen LogP contribution in [0, 0.1) is 5.82 Å². The number of nitrogen functional groups attached to an aromatic ring is 1. The van der Waals surface area contributed by atoms with Gasteiger partial charge in [0, 0.05) is 5.69 Å². The lowest BCUT2D eigenvalue weighted by Crippen LogP contribution is -2.15. The third-order valence-electron chi connectivity index (χ3n) is 2.19. The molecule has 0 aliphatic heterocycles. The van der Waals surface area contributed by atoms with E-state index in [1.54, 1.807) is 18.2 Å². The Morgan fingerprint density at radius 3 is 2.83 bits per heavy atom. The fourth-order valence-electron chi connectivity index (χ4n) is 1.38. The smallest absolute Gasteiger partial charge is 0.259 e. The average molecular weight is 266 g/mol. The largest absolute Gasteiger partial charge is 0.399 e. The number of rotatable bonds is 2. The Bertz CT molecular complexity index is 604. The van der Waals surface area contributed by atoms with Gasteiger partial charge < -0.3 is 11.1 Å². The van der Waals surface area contributed by atoms with Crippen molar-refractivity contribution in [3.05, 3.63) is 52.9 Å². The fourth-order valence-corrected chi connectivity index (χ4v) is 1.54. The molecule has 2 rings (SSSR count). The molecule has 0 atom stereocenters. The summed E-state index contributed by atoms with van der Waals surface area (Å²) in [5.74, 6) is -1.03. The zero-order chi connectivity index (χ0) is 13.1. The van der Waals surface area contributed by atoms with Crippen LogP contribution >= 0.6 is 11.6 Å². The molecule has 0 bridgehead atoms. The summed E-state index contributed by atoms with van der Waals surface area (Å²) >= 11 is 5.67. The molecular weight excluding hydrogens is 257 g/mol. The fraction of sp³-hybridized carbons (Fsp3) is 0. The van der Waals surface area contributed by atoms with Crippen molar-refractivity contribution in [2.24, 2.45) is 0 Å². The molecule has 4 nitrogen and oxygen atoms in total. The summed E-state index contributed by atoms with van der Waals surface area (Å²) in [6.07, 6.45) is 0. The van der Waals surface area contributed by atoms with Crippen molar-refractivity contribution in [2.75, 3.05) is 11.1 Å². The van der Waals surface area contributed by atoms with Crippen molar-refractivity contribution < 1.29 is 9.18 Å². The van der Waals surface area contributed by atoms with Crippen LogP contribution in [-0.4, -0.2) is 10.9 Å². The summed E-state index contributed by atoms with van der Waals surface area (Å²) in [6.45, 7) is 0. The molecule has 0 saturated carbocycles. The molecule has 0 unspecified atom stereocenters. The number of carbonyl (C=O) groups excluding carboxylic acids is 1. The second-order valence-electron chi connectivity index (χ2n) is 3.54. The molecule has 0 radical (unpaired) electrons. The molecule has 1 aromatic heterocycles. The molecule has 0 spiro atoms. The topological polar surface area (TPSA) is 68.0 Å². The van der Waals surface area contributed by atoms with Crippen LogP contribution in [0.5, 0.6) is 0 Å². The number of hydrogen-bond acceptors (Lipinski definition) is 3. The minimum atomic E-state index is -0.649. The third-order valence-corrected chi connectivity index (χ3v) is 2.40. The van der Waals surface area contributed by atoms with Gasteiger partial charge in [-0.1, -0.05) is 17.7 Å². The quantitative estimate of drug-likeness (QED) is 0.648. The van der Waals surface area contributed by atoms with Crippen molar-refractivity contribution in [2.45, 2.75) is 0 Å². The van der Waals surface area contributed by atoms with E-state index in [-0.39, 0.29) is 16.5 Å². The van der Waals surface area contributed by atoms with Gasteiger partial charge in [0.25, 0.3) is 5.91 Å². The van der Waals surface area contributed by atoms with Gasteiger partial charge >= 0.3 is 0 Å². The van der Waals surface area contributed by atoms with Crippen molar-refractivity contribution >= 4 is 29.0 Å². The highest BCUT2D eigenvalue weighted by Gasteiger charge is 2.12. The van der Waals surface area contributed by atoms with E-state index in [2.05, 4.69) is 10.3 Å². The van der Waals surface area contributed by atoms with E-state index < -0.39 is 11.7 Å². The Morgan fingerprint density at radius 1 is 1.33 bits per heavy atom. The summed E-state index contributed by atoms with van der Waals surface area (Å²) in [6, 6.07) is 8.52. The van der Waals surface area contributed by atoms with Crippen LogP contribution < -0.4 is 11.1 Å². The van der Waals surface area contributed by atoms with Crippen molar-refractivity contribution in [1.82, 2.24) is 4.98 Å². The van der Waals surface area contributed by atoms with Crippen LogP contribution in [-0.2, 0) is 0 Å². The number of hydrogen-bond donors (Lipinski definition) is 2. The van der Waals surface area contributed by atoms with E-state index in [1.807, 2.05) is 0 Å². The second-order valence-corrected chi connectivity index (χ2v) is 3.93. The SMILES string of the molecule is Nc1ccc(F)c(C(=O)Nc2cccc(Cl)n2)c1. The number of nitrogens with two attached hydrogens (primary N) is 1. The standard InChI is InChI=1S/C12H9ClFN3O/c13-10-2-1-3-11(16-10)17-12(18)8-6-7(15)4-5-9(8)14/h1-6H,15H2,(H,16,17,18). The number of amides is 1. The van der Waals surface area contributed by atoms with E-state index in [0.29, 0.717) is 5.69 Å². The molecule has 1 amide bonds. The first-order valence-electron chi connectivity index (χ1n) is 5.05. The lowest BCUT2D eigenvalue weighted by Gasteiger charge is -2.06. The van der Waals surface area contributed by atoms with E-state index in [4.69, 9.17) is 17.3 Å². The molecule has 92 valence electrons. The predicted molar refractivity (Wildman–Crippen MR) is 68.0 cm³/mol. The molecule has 18 heavy (non-hydrogen) atoms. The zero-order valence-electron chi connectivity index (χ0n) is 9.15. The van der Waals surface area contributed by atoms with Gasteiger partial charge in [0.15, 0.2) is 0 Å². The van der Waals surface area contributed by atoms with Crippen LogP contribution in [0.2, 0.25) is 5.15 Å². The second kappa shape index (κ2) is 5.01. The van der Waals surface area contributed by atoms with Crippen LogP contribution in [0.25, 0.3) is 0 Å². The monoisotopic (exact) mass is 265 g/mol. The molecule has 3 N–H and O–H groups in total. The van der Waals surface area contributed by atoms with Crippen molar-refractivity contribution in [1.29, 1.82) is 0 Å². The number of halogens is 2. The van der Waals surface area contributed by atoms with Crippen LogP contribution in [0.4, 0.5) is 15.9 Å². The molecule has 1 aromatic carbocycles. The van der Waals surface area contributed by atoms with E-state index in [0.717, 1.165) is 6.07 Å². The van der Waals surface area contributed by atoms with Crippen LogP contribution in [0.3, 0.4) is 0 Å². The van der Waals surface area contributed by atoms with Crippen molar-refractivity contribution in [3.8, 4) is 0 Å². The molecule has 1 heterocycles. The van der Waals surface area contributed by atoms with Gasteiger partial charge in [-0.3, -0.25) is 4.79 Å². The van der Waals surface area contributed by atoms with Gasteiger partial charge in [-0.05, 0) is 30.3 Å². The molecule has 0 aliphatic rings. The number of nitrogens with zero attached hydrogens (tertiary/aromatic N) is 1. The van der Waals surface area contributed by atoms with Gasteiger partial charge in [0.2, 0.25) is 0 Å². The highest BCUT2D eigenvalue weighted by molar-refractivity contribution is 6.29. The van der Waals surface area contributed by atoms with Gasteiger partial charge in [-0.2, -0.15) is 0 Å². The Morgan fingerprint density at radius 2 is 2.11 bits per heavy atom. The third kappa shape index (κ3) is 2.75. The summed E-state index contributed by atoms with van der Waals surface area (Å²) in [5.41, 5.74) is 5.66. The molecule has 2 aromatic rings. The van der Waals surface area contributed by atoms with Crippen molar-refractivity contribution in [3.63, 3.8) is 0 Å². The van der Waals surface area contributed by atoms with Gasteiger partial charge in [0.1, 0.15) is 16.8 Å². The molecule has 0 saturated heterocycles. The van der Waals surface area contributed by atoms with E-state index in [9.17, 15) is 9.18 Å². The number of nitrogens with one attached hydrogen (secondary N) is 1. The first-order valence-corrected chi connectivity index (χ1v) is 5.43. The number of anilines is 2. The molecular formula is C12H9ClFN3O. The average Bonchev–Trinajstić information content (AvgIpc) is 2.32. The Kier molecular flexibility index (Phi) is 3.43. The summed E-state index contributed by atoms with van der Waals surface area (Å²) in [5, 5.41) is 2.67. The minimum absolute atomic E-state index is 0.142. The lowest BCUT2D eigenvalue weighted by molar-refractivity contribution is 0.102. The first kappa shape index (κ1) is 12.3. The van der Waals surface area contributed by atoms with Gasteiger partial charge in [-0.15, -0.1) is 0 Å². The summed E-state index contributed by atoms with van der Waals surface area (Å²) in [7, 11) is 0. The zero-order valence-corrected chi connectivity index (χ0v) is 9.91. The predicted octanol–water partition coefficient (Wildman–Crippen LogP) is 2.71. The number of benzene rings is 1. The normalized spacial score (nSPS) is 10.1. The summed E-state index contributed by atoms with van der Waals surface area (Å²) < 4.78 is 13.4.